The summed E-state index contributed by atoms with van der Waals surface area (Å²) < 4.78 is 11.3. The lowest BCUT2D eigenvalue weighted by Gasteiger charge is -2.27. The van der Waals surface area contributed by atoms with Crippen LogP contribution in [0.3, 0.4) is 0 Å². The van der Waals surface area contributed by atoms with Gasteiger partial charge in [-0.15, -0.1) is 6.58 Å². The Morgan fingerprint density at radius 3 is 2.75 bits per heavy atom. The summed E-state index contributed by atoms with van der Waals surface area (Å²) in [5, 5.41) is 12.8. The maximum Gasteiger partial charge on any atom is 0.232 e. The molecule has 1 atom stereocenters. The van der Waals surface area contributed by atoms with Crippen molar-refractivity contribution < 1.29 is 19.4 Å². The van der Waals surface area contributed by atoms with Crippen LogP contribution in [0.25, 0.3) is 0 Å². The number of carbonyl (C=O) groups is 1. The van der Waals surface area contributed by atoms with Crippen LogP contribution in [0.5, 0.6) is 11.5 Å². The number of phenols is 1. The molecular formula is C19H17NO4. The van der Waals surface area contributed by atoms with Gasteiger partial charge in [0, 0.05) is 6.20 Å². The van der Waals surface area contributed by atoms with Gasteiger partial charge in [-0.3, -0.25) is 4.79 Å². The molecule has 1 heterocycles. The molecule has 0 aromatic heterocycles. The SMILES string of the molecule is C=CCO[C@H]1Oc2ccccc2C(=O)/C1=C/Nc1ccccc1O. The molecule has 0 radical (unpaired) electrons. The number of para-hydroxylation sites is 3. The molecule has 1 aliphatic rings. The standard InChI is InChI=1S/C19H17NO4/c1-2-11-23-19-14(12-20-15-8-4-5-9-16(15)21)18(22)13-7-3-6-10-17(13)24-19/h2-10,12,19-21H,1,11H2/b14-12-/t19-/m0/s1. The first-order chi connectivity index (χ1) is 11.7. The van der Waals surface area contributed by atoms with Gasteiger partial charge < -0.3 is 19.9 Å². The van der Waals surface area contributed by atoms with Gasteiger partial charge in [0.05, 0.1) is 23.4 Å². The van der Waals surface area contributed by atoms with E-state index in [-0.39, 0.29) is 18.1 Å². The zero-order valence-electron chi connectivity index (χ0n) is 12.9. The van der Waals surface area contributed by atoms with E-state index in [0.29, 0.717) is 22.6 Å². The Morgan fingerprint density at radius 1 is 1.21 bits per heavy atom. The number of rotatable bonds is 5. The number of benzene rings is 2. The van der Waals surface area contributed by atoms with Gasteiger partial charge in [0.1, 0.15) is 11.5 Å². The van der Waals surface area contributed by atoms with Crippen molar-refractivity contribution in [3.63, 3.8) is 0 Å². The highest BCUT2D eigenvalue weighted by Gasteiger charge is 2.32. The summed E-state index contributed by atoms with van der Waals surface area (Å²) in [6, 6.07) is 13.8. The van der Waals surface area contributed by atoms with Crippen LogP contribution >= 0.6 is 0 Å². The molecule has 0 saturated heterocycles. The molecule has 1 aliphatic heterocycles. The van der Waals surface area contributed by atoms with Crippen LogP contribution in [0, 0.1) is 0 Å². The quantitative estimate of drug-likeness (QED) is 0.501. The van der Waals surface area contributed by atoms with Gasteiger partial charge >= 0.3 is 0 Å². The average molecular weight is 323 g/mol. The lowest BCUT2D eigenvalue weighted by molar-refractivity contribution is -0.0444. The Hall–Kier alpha value is -3.05. The second kappa shape index (κ2) is 7.02. The first kappa shape index (κ1) is 15.8. The van der Waals surface area contributed by atoms with E-state index >= 15 is 0 Å². The van der Waals surface area contributed by atoms with E-state index in [9.17, 15) is 9.90 Å². The zero-order valence-corrected chi connectivity index (χ0v) is 12.9. The predicted octanol–water partition coefficient (Wildman–Crippen LogP) is 3.49. The molecule has 2 aromatic carbocycles. The Balaban J connectivity index is 1.92. The molecule has 5 heteroatoms. The molecule has 0 fully saturated rings. The van der Waals surface area contributed by atoms with Crippen molar-refractivity contribution in [1.82, 2.24) is 0 Å². The third-order valence-corrected chi connectivity index (χ3v) is 3.53. The molecule has 2 N–H and O–H groups in total. The van der Waals surface area contributed by atoms with Gasteiger partial charge in [0.2, 0.25) is 6.29 Å². The number of aromatic hydroxyl groups is 1. The van der Waals surface area contributed by atoms with Crippen molar-refractivity contribution in [2.75, 3.05) is 11.9 Å². The van der Waals surface area contributed by atoms with Crippen molar-refractivity contribution in [3.05, 3.63) is 78.5 Å². The molecule has 5 nitrogen and oxygen atoms in total. The summed E-state index contributed by atoms with van der Waals surface area (Å²) in [6.45, 7) is 3.85. The summed E-state index contributed by atoms with van der Waals surface area (Å²) in [5.74, 6) is 0.382. The van der Waals surface area contributed by atoms with Crippen LogP contribution in [-0.4, -0.2) is 23.8 Å². The van der Waals surface area contributed by atoms with E-state index in [4.69, 9.17) is 9.47 Å². The van der Waals surface area contributed by atoms with Crippen molar-refractivity contribution in [3.8, 4) is 11.5 Å². The number of hydrogen-bond acceptors (Lipinski definition) is 5. The number of ketones is 1. The Morgan fingerprint density at radius 2 is 1.96 bits per heavy atom. The highest BCUT2D eigenvalue weighted by atomic mass is 16.7. The summed E-state index contributed by atoms with van der Waals surface area (Å²) in [6.07, 6.45) is 2.24. The molecule has 122 valence electrons. The van der Waals surface area contributed by atoms with Gasteiger partial charge in [0.25, 0.3) is 0 Å². The maximum absolute atomic E-state index is 12.7. The van der Waals surface area contributed by atoms with Crippen LogP contribution in [0.2, 0.25) is 0 Å². The number of hydrogen-bond donors (Lipinski definition) is 2. The summed E-state index contributed by atoms with van der Waals surface area (Å²) in [4.78, 5) is 12.7. The van der Waals surface area contributed by atoms with Gasteiger partial charge in [0.15, 0.2) is 5.78 Å². The first-order valence-electron chi connectivity index (χ1n) is 7.48. The topological polar surface area (TPSA) is 67.8 Å². The maximum atomic E-state index is 12.7. The van der Waals surface area contributed by atoms with Gasteiger partial charge in [-0.05, 0) is 24.3 Å². The van der Waals surface area contributed by atoms with Crippen LogP contribution < -0.4 is 10.1 Å². The fourth-order valence-electron chi connectivity index (χ4n) is 2.36. The van der Waals surface area contributed by atoms with E-state index in [1.165, 1.54) is 6.20 Å². The second-order valence-electron chi connectivity index (χ2n) is 5.16. The van der Waals surface area contributed by atoms with E-state index in [1.807, 2.05) is 0 Å². The smallest absolute Gasteiger partial charge is 0.232 e. The monoisotopic (exact) mass is 323 g/mol. The minimum Gasteiger partial charge on any atom is -0.506 e. The molecule has 2 aromatic rings. The second-order valence-corrected chi connectivity index (χ2v) is 5.16. The van der Waals surface area contributed by atoms with Gasteiger partial charge in [-0.25, -0.2) is 0 Å². The van der Waals surface area contributed by atoms with Crippen molar-refractivity contribution in [2.45, 2.75) is 6.29 Å². The number of Topliss-reactive ketones (excluding diaryl/α,β-unsaturated/α-hetero) is 1. The number of fused-ring (bicyclic) bond motifs is 1. The Bertz CT molecular complexity index is 797. The van der Waals surface area contributed by atoms with Crippen LogP contribution in [0.1, 0.15) is 10.4 Å². The van der Waals surface area contributed by atoms with Crippen LogP contribution in [0.4, 0.5) is 5.69 Å². The van der Waals surface area contributed by atoms with Crippen molar-refractivity contribution >= 4 is 11.5 Å². The lowest BCUT2D eigenvalue weighted by Crippen LogP contribution is -2.33. The van der Waals surface area contributed by atoms with E-state index in [0.717, 1.165) is 0 Å². The molecule has 0 unspecified atom stereocenters. The van der Waals surface area contributed by atoms with Gasteiger partial charge in [-0.2, -0.15) is 0 Å². The highest BCUT2D eigenvalue weighted by molar-refractivity contribution is 6.12. The minimum atomic E-state index is -0.844. The minimum absolute atomic E-state index is 0.0856. The van der Waals surface area contributed by atoms with Crippen molar-refractivity contribution in [2.24, 2.45) is 0 Å². The van der Waals surface area contributed by atoms with Crippen molar-refractivity contribution in [1.29, 1.82) is 0 Å². The third-order valence-electron chi connectivity index (χ3n) is 3.53. The average Bonchev–Trinajstić information content (AvgIpc) is 2.60. The number of nitrogens with one attached hydrogen (secondary N) is 1. The summed E-state index contributed by atoms with van der Waals surface area (Å²) in [7, 11) is 0. The van der Waals surface area contributed by atoms with E-state index < -0.39 is 6.29 Å². The lowest BCUT2D eigenvalue weighted by atomic mass is 10.00. The van der Waals surface area contributed by atoms with Crippen LogP contribution in [-0.2, 0) is 4.74 Å². The number of anilines is 1. The fourth-order valence-corrected chi connectivity index (χ4v) is 2.36. The Labute approximate surface area is 139 Å². The Kier molecular flexibility index (Phi) is 4.63. The summed E-state index contributed by atoms with van der Waals surface area (Å²) in [5.41, 5.74) is 1.28. The third kappa shape index (κ3) is 3.16. The van der Waals surface area contributed by atoms with E-state index in [1.54, 1.807) is 54.6 Å². The summed E-state index contributed by atoms with van der Waals surface area (Å²) >= 11 is 0. The molecule has 0 saturated carbocycles. The number of ether oxygens (including phenoxy) is 2. The molecular weight excluding hydrogens is 306 g/mol. The predicted molar refractivity (Wildman–Crippen MR) is 91.2 cm³/mol. The normalized spacial score (nSPS) is 17.9. The fraction of sp³-hybridized carbons (Fsp3) is 0.105. The molecule has 0 amide bonds. The molecule has 0 aliphatic carbocycles. The van der Waals surface area contributed by atoms with Crippen LogP contribution in [0.15, 0.2) is 73.0 Å². The molecule has 3 rings (SSSR count). The number of phenolic OH excluding ortho intramolecular Hbond substituents is 1. The largest absolute Gasteiger partial charge is 0.506 e. The van der Waals surface area contributed by atoms with Gasteiger partial charge in [-0.1, -0.05) is 30.3 Å². The highest BCUT2D eigenvalue weighted by Crippen LogP contribution is 2.31. The molecule has 0 bridgehead atoms. The molecule has 24 heavy (non-hydrogen) atoms. The zero-order chi connectivity index (χ0) is 16.9. The number of carbonyl (C=O) groups excluding carboxylic acids is 1. The molecule has 0 spiro atoms. The first-order valence-corrected chi connectivity index (χ1v) is 7.48. The van der Waals surface area contributed by atoms with E-state index in [2.05, 4.69) is 11.9 Å².